The molecule has 0 atom stereocenters. The second-order valence-corrected chi connectivity index (χ2v) is 11.6. The number of hydrogen-bond donors (Lipinski definition) is 3. The molecule has 214 valence electrons. The van der Waals surface area contributed by atoms with Crippen LogP contribution in [-0.2, 0) is 16.0 Å². The first-order valence-electron chi connectivity index (χ1n) is 13.3. The molecule has 3 rings (SSSR count). The van der Waals surface area contributed by atoms with Crippen LogP contribution in [0.1, 0.15) is 57.0 Å². The summed E-state index contributed by atoms with van der Waals surface area (Å²) in [5.41, 5.74) is 1.75. The van der Waals surface area contributed by atoms with Crippen LogP contribution in [-0.4, -0.2) is 78.9 Å². The Kier molecular flexibility index (Phi) is 11.1. The van der Waals surface area contributed by atoms with E-state index < -0.39 is 11.7 Å². The minimum absolute atomic E-state index is 0.0390. The lowest BCUT2D eigenvalue weighted by molar-refractivity contribution is 0.0364. The SMILES string of the molecule is CC(C)NC(=O)N(CCCN1CCOCC1)Cc1ccc(C(=O)Nc2cscc2NC(=O)OC(C)(C)C)cc1. The maximum Gasteiger partial charge on any atom is 0.412 e. The van der Waals surface area contributed by atoms with Gasteiger partial charge in [-0.05, 0) is 58.7 Å². The number of thiophene rings is 1. The van der Waals surface area contributed by atoms with Crippen molar-refractivity contribution < 1.29 is 23.9 Å². The Morgan fingerprint density at radius 1 is 1.05 bits per heavy atom. The van der Waals surface area contributed by atoms with Gasteiger partial charge in [-0.25, -0.2) is 9.59 Å². The van der Waals surface area contributed by atoms with Crippen molar-refractivity contribution in [1.29, 1.82) is 0 Å². The van der Waals surface area contributed by atoms with Gasteiger partial charge in [0.15, 0.2) is 0 Å². The van der Waals surface area contributed by atoms with Crippen LogP contribution < -0.4 is 16.0 Å². The van der Waals surface area contributed by atoms with Gasteiger partial charge in [0.25, 0.3) is 5.91 Å². The van der Waals surface area contributed by atoms with Crippen molar-refractivity contribution in [2.24, 2.45) is 0 Å². The monoisotopic (exact) mass is 559 g/mol. The predicted molar refractivity (Wildman–Crippen MR) is 155 cm³/mol. The van der Waals surface area contributed by atoms with Crippen LogP contribution in [0.15, 0.2) is 35.0 Å². The Balaban J connectivity index is 1.58. The number of hydrogen-bond acceptors (Lipinski definition) is 7. The van der Waals surface area contributed by atoms with Crippen molar-refractivity contribution in [3.63, 3.8) is 0 Å². The second kappa shape index (κ2) is 14.3. The molecular weight excluding hydrogens is 518 g/mol. The summed E-state index contributed by atoms with van der Waals surface area (Å²) in [5.74, 6) is -0.299. The van der Waals surface area contributed by atoms with E-state index in [-0.39, 0.29) is 18.0 Å². The van der Waals surface area contributed by atoms with Crippen LogP contribution in [0.4, 0.5) is 21.0 Å². The van der Waals surface area contributed by atoms with E-state index in [0.717, 1.165) is 44.8 Å². The number of carbonyl (C=O) groups is 3. The van der Waals surface area contributed by atoms with Crippen molar-refractivity contribution >= 4 is 40.7 Å². The highest BCUT2D eigenvalue weighted by Crippen LogP contribution is 2.28. The smallest absolute Gasteiger partial charge is 0.412 e. The molecule has 1 saturated heterocycles. The van der Waals surface area contributed by atoms with E-state index >= 15 is 0 Å². The Morgan fingerprint density at radius 3 is 2.31 bits per heavy atom. The fraction of sp³-hybridized carbons (Fsp3) is 0.536. The first-order chi connectivity index (χ1) is 18.5. The number of rotatable bonds is 10. The third-order valence-corrected chi connectivity index (χ3v) is 6.58. The number of anilines is 2. The van der Waals surface area contributed by atoms with Gasteiger partial charge in [-0.2, -0.15) is 0 Å². The van der Waals surface area contributed by atoms with Gasteiger partial charge in [0.2, 0.25) is 0 Å². The normalized spacial score (nSPS) is 14.1. The number of amides is 4. The summed E-state index contributed by atoms with van der Waals surface area (Å²) in [5, 5.41) is 12.0. The molecular formula is C28H41N5O5S. The van der Waals surface area contributed by atoms with Gasteiger partial charge >= 0.3 is 12.1 Å². The minimum atomic E-state index is -0.626. The second-order valence-electron chi connectivity index (χ2n) is 10.8. The molecule has 0 radical (unpaired) electrons. The molecule has 1 aromatic carbocycles. The molecule has 1 aromatic heterocycles. The van der Waals surface area contributed by atoms with E-state index in [1.807, 2.05) is 30.9 Å². The summed E-state index contributed by atoms with van der Waals surface area (Å²) < 4.78 is 10.7. The molecule has 3 N–H and O–H groups in total. The first kappa shape index (κ1) is 30.4. The Labute approximate surface area is 235 Å². The van der Waals surface area contributed by atoms with E-state index in [4.69, 9.17) is 9.47 Å². The van der Waals surface area contributed by atoms with Crippen LogP contribution >= 0.6 is 11.3 Å². The average molecular weight is 560 g/mol. The third-order valence-electron chi connectivity index (χ3n) is 5.84. The predicted octanol–water partition coefficient (Wildman–Crippen LogP) is 4.99. The van der Waals surface area contributed by atoms with Crippen LogP contribution in [0, 0.1) is 0 Å². The van der Waals surface area contributed by atoms with E-state index in [1.165, 1.54) is 11.3 Å². The van der Waals surface area contributed by atoms with Crippen LogP contribution in [0.5, 0.6) is 0 Å². The van der Waals surface area contributed by atoms with Crippen molar-refractivity contribution in [1.82, 2.24) is 15.1 Å². The summed E-state index contributed by atoms with van der Waals surface area (Å²) in [6.07, 6.45) is 0.281. The molecule has 4 amide bonds. The maximum atomic E-state index is 12.9. The number of carbonyl (C=O) groups excluding carboxylic acids is 3. The fourth-order valence-corrected chi connectivity index (χ4v) is 4.69. The lowest BCUT2D eigenvalue weighted by Crippen LogP contribution is -2.44. The third kappa shape index (κ3) is 10.5. The zero-order valence-corrected chi connectivity index (χ0v) is 24.4. The number of nitrogens with zero attached hydrogens (tertiary/aromatic N) is 2. The van der Waals surface area contributed by atoms with Crippen LogP contribution in [0.3, 0.4) is 0 Å². The zero-order valence-electron chi connectivity index (χ0n) is 23.5. The van der Waals surface area contributed by atoms with Crippen molar-refractivity contribution in [2.45, 2.75) is 59.2 Å². The van der Waals surface area contributed by atoms with Gasteiger partial charge in [0, 0.05) is 55.1 Å². The largest absolute Gasteiger partial charge is 0.444 e. The maximum absolute atomic E-state index is 12.9. The highest BCUT2D eigenvalue weighted by Gasteiger charge is 2.19. The number of ether oxygens (including phenoxy) is 2. The summed E-state index contributed by atoms with van der Waals surface area (Å²) in [7, 11) is 0. The summed E-state index contributed by atoms with van der Waals surface area (Å²) in [6.45, 7) is 14.6. The Morgan fingerprint density at radius 2 is 1.69 bits per heavy atom. The molecule has 39 heavy (non-hydrogen) atoms. The first-order valence-corrected chi connectivity index (χ1v) is 14.3. The van der Waals surface area contributed by atoms with E-state index in [1.54, 1.807) is 43.7 Å². The summed E-state index contributed by atoms with van der Waals surface area (Å²) in [4.78, 5) is 42.1. The molecule has 10 nitrogen and oxygen atoms in total. The van der Waals surface area contributed by atoms with Crippen molar-refractivity contribution in [3.05, 3.63) is 46.2 Å². The topological polar surface area (TPSA) is 112 Å². The molecule has 1 aliphatic rings. The van der Waals surface area contributed by atoms with Gasteiger partial charge < -0.3 is 25.0 Å². The lowest BCUT2D eigenvalue weighted by Gasteiger charge is -2.29. The highest BCUT2D eigenvalue weighted by atomic mass is 32.1. The standard InChI is InChI=1S/C28H41N5O5S/c1-20(2)29-26(35)33(12-6-11-32-13-15-37-16-14-32)17-21-7-9-22(10-8-21)25(34)30-23-18-39-19-24(23)31-27(36)38-28(3,4)5/h7-10,18-20H,6,11-17H2,1-5H3,(H,29,35)(H,30,34)(H,31,36). The van der Waals surface area contributed by atoms with E-state index in [0.29, 0.717) is 30.0 Å². The lowest BCUT2D eigenvalue weighted by atomic mass is 10.1. The van der Waals surface area contributed by atoms with Gasteiger partial charge in [-0.15, -0.1) is 11.3 Å². The fourth-order valence-electron chi connectivity index (χ4n) is 3.98. The van der Waals surface area contributed by atoms with Crippen LogP contribution in [0.25, 0.3) is 0 Å². The van der Waals surface area contributed by atoms with Crippen molar-refractivity contribution in [3.8, 4) is 0 Å². The van der Waals surface area contributed by atoms with Crippen molar-refractivity contribution in [2.75, 3.05) is 50.0 Å². The molecule has 0 saturated carbocycles. The average Bonchev–Trinajstić information content (AvgIpc) is 3.28. The highest BCUT2D eigenvalue weighted by molar-refractivity contribution is 7.09. The minimum Gasteiger partial charge on any atom is -0.444 e. The molecule has 1 aliphatic heterocycles. The molecule has 0 aliphatic carbocycles. The van der Waals surface area contributed by atoms with Crippen LogP contribution in [0.2, 0.25) is 0 Å². The molecule has 11 heteroatoms. The number of benzene rings is 1. The van der Waals surface area contributed by atoms with E-state index in [2.05, 4.69) is 20.9 Å². The zero-order chi connectivity index (χ0) is 28.4. The van der Waals surface area contributed by atoms with Gasteiger partial charge in [-0.3, -0.25) is 15.0 Å². The summed E-state index contributed by atoms with van der Waals surface area (Å²) in [6, 6.07) is 7.14. The number of urea groups is 1. The number of nitrogens with one attached hydrogen (secondary N) is 3. The quantitative estimate of drug-likeness (QED) is 0.378. The van der Waals surface area contributed by atoms with Gasteiger partial charge in [0.05, 0.1) is 24.6 Å². The Hall–Kier alpha value is -3.15. The Bertz CT molecular complexity index is 1090. The molecule has 0 spiro atoms. The molecule has 0 bridgehead atoms. The van der Waals surface area contributed by atoms with Gasteiger partial charge in [0.1, 0.15) is 5.60 Å². The molecule has 1 fully saturated rings. The summed E-state index contributed by atoms with van der Waals surface area (Å²) >= 11 is 1.36. The van der Waals surface area contributed by atoms with Gasteiger partial charge in [-0.1, -0.05) is 12.1 Å². The molecule has 0 unspecified atom stereocenters. The number of morpholine rings is 1. The molecule has 2 heterocycles. The van der Waals surface area contributed by atoms with E-state index in [9.17, 15) is 14.4 Å². The molecule has 2 aromatic rings.